The van der Waals surface area contributed by atoms with Crippen LogP contribution >= 0.6 is 22.9 Å². The highest BCUT2D eigenvalue weighted by Crippen LogP contribution is 2.37. The number of hydrogen-bond acceptors (Lipinski definition) is 5. The maximum atomic E-state index is 13.0. The van der Waals surface area contributed by atoms with Crippen molar-refractivity contribution in [1.82, 2.24) is 9.97 Å². The van der Waals surface area contributed by atoms with E-state index in [0.717, 1.165) is 10.7 Å². The first-order chi connectivity index (χ1) is 12.1. The Morgan fingerprint density at radius 1 is 1.32 bits per heavy atom. The largest absolute Gasteiger partial charge is 0.487 e. The molecule has 3 aromatic rings. The summed E-state index contributed by atoms with van der Waals surface area (Å²) in [6.45, 7) is 2.40. The van der Waals surface area contributed by atoms with E-state index in [1.165, 1.54) is 11.3 Å². The van der Waals surface area contributed by atoms with Gasteiger partial charge in [0.25, 0.3) is 5.91 Å². The van der Waals surface area contributed by atoms with E-state index in [2.05, 4.69) is 9.97 Å². The molecule has 1 atom stereocenters. The molecule has 0 N–H and O–H groups in total. The Balaban J connectivity index is 1.68. The molecule has 2 aromatic heterocycles. The van der Waals surface area contributed by atoms with Gasteiger partial charge in [-0.05, 0) is 37.3 Å². The van der Waals surface area contributed by atoms with Gasteiger partial charge in [0.15, 0.2) is 0 Å². The van der Waals surface area contributed by atoms with Crippen LogP contribution in [-0.2, 0) is 0 Å². The number of anilines is 1. The second kappa shape index (κ2) is 6.46. The number of carbonyl (C=O) groups is 1. The molecule has 0 spiro atoms. The van der Waals surface area contributed by atoms with E-state index in [1.54, 1.807) is 35.5 Å². The molecule has 1 aromatic carbocycles. The van der Waals surface area contributed by atoms with Gasteiger partial charge in [0.2, 0.25) is 0 Å². The van der Waals surface area contributed by atoms with E-state index in [9.17, 15) is 4.79 Å². The Labute approximate surface area is 153 Å². The molecule has 1 amide bonds. The van der Waals surface area contributed by atoms with Crippen LogP contribution in [0.25, 0.3) is 10.7 Å². The molecule has 0 bridgehead atoms. The fraction of sp³-hybridized carbons (Fsp3) is 0.167. The van der Waals surface area contributed by atoms with E-state index >= 15 is 0 Å². The Hall–Kier alpha value is -2.44. The average molecular weight is 372 g/mol. The van der Waals surface area contributed by atoms with Gasteiger partial charge >= 0.3 is 0 Å². The monoisotopic (exact) mass is 371 g/mol. The molecular formula is C18H14ClN3O2S. The number of carbonyl (C=O) groups excluding carboxylic acids is 1. The topological polar surface area (TPSA) is 55.3 Å². The molecule has 3 heterocycles. The Bertz CT molecular complexity index is 929. The highest BCUT2D eigenvalue weighted by Gasteiger charge is 2.29. The van der Waals surface area contributed by atoms with Crippen LogP contribution in [0.2, 0.25) is 5.02 Å². The Morgan fingerprint density at radius 2 is 2.20 bits per heavy atom. The van der Waals surface area contributed by atoms with Crippen LogP contribution in [0.4, 0.5) is 5.69 Å². The van der Waals surface area contributed by atoms with Crippen LogP contribution in [0.1, 0.15) is 16.6 Å². The van der Waals surface area contributed by atoms with Gasteiger partial charge in [-0.1, -0.05) is 17.7 Å². The number of nitrogens with zero attached hydrogens (tertiary/aromatic N) is 3. The average Bonchev–Trinajstić information content (AvgIpc) is 3.12. The first-order valence-corrected chi connectivity index (χ1v) is 8.96. The third-order valence-corrected chi connectivity index (χ3v) is 5.07. The first-order valence-electron chi connectivity index (χ1n) is 7.77. The van der Waals surface area contributed by atoms with Gasteiger partial charge in [-0.2, -0.15) is 0 Å². The van der Waals surface area contributed by atoms with Crippen molar-refractivity contribution < 1.29 is 9.53 Å². The molecule has 126 valence electrons. The predicted octanol–water partition coefficient (Wildman–Crippen LogP) is 4.29. The summed E-state index contributed by atoms with van der Waals surface area (Å²) in [7, 11) is 0. The number of thiazole rings is 1. The van der Waals surface area contributed by atoms with Crippen molar-refractivity contribution in [2.75, 3.05) is 11.4 Å². The van der Waals surface area contributed by atoms with E-state index in [0.29, 0.717) is 27.9 Å². The van der Waals surface area contributed by atoms with Gasteiger partial charge in [-0.25, -0.2) is 4.98 Å². The number of amides is 1. The van der Waals surface area contributed by atoms with Crippen molar-refractivity contribution in [3.05, 3.63) is 58.7 Å². The van der Waals surface area contributed by atoms with Gasteiger partial charge < -0.3 is 9.64 Å². The molecule has 0 fully saturated rings. The minimum atomic E-state index is -0.113. The summed E-state index contributed by atoms with van der Waals surface area (Å²) in [5.41, 5.74) is 1.44. The van der Waals surface area contributed by atoms with Crippen LogP contribution in [0.3, 0.4) is 0 Å². The summed E-state index contributed by atoms with van der Waals surface area (Å²) in [5.74, 6) is 0.546. The number of hydrogen-bond donors (Lipinski definition) is 0. The predicted molar refractivity (Wildman–Crippen MR) is 98.6 cm³/mol. The zero-order valence-corrected chi connectivity index (χ0v) is 14.9. The number of halogens is 1. The van der Waals surface area contributed by atoms with Crippen LogP contribution in [0.15, 0.2) is 48.8 Å². The minimum Gasteiger partial charge on any atom is -0.487 e. The number of aromatic nitrogens is 2. The fourth-order valence-corrected chi connectivity index (χ4v) is 3.72. The molecule has 0 radical (unpaired) electrons. The molecule has 1 aliphatic rings. The van der Waals surface area contributed by atoms with Gasteiger partial charge in [-0.15, -0.1) is 11.3 Å². The minimum absolute atomic E-state index is 0.0965. The van der Waals surface area contributed by atoms with Crippen molar-refractivity contribution in [3.63, 3.8) is 0 Å². The fourth-order valence-electron chi connectivity index (χ4n) is 2.72. The molecule has 0 saturated carbocycles. The van der Waals surface area contributed by atoms with E-state index in [1.807, 2.05) is 25.1 Å². The second-order valence-electron chi connectivity index (χ2n) is 5.70. The molecule has 1 unspecified atom stereocenters. The molecule has 0 aliphatic carbocycles. The number of benzene rings is 1. The standard InChI is InChI=1S/C18H14ClN3O2S/c1-11-10-22(14-8-12(19)5-6-15(14)24-11)18(23)16-9-21-17(25-16)13-4-2-3-7-20-13/h2-9,11H,10H2,1H3. The summed E-state index contributed by atoms with van der Waals surface area (Å²) >= 11 is 7.43. The number of pyridine rings is 1. The zero-order valence-electron chi connectivity index (χ0n) is 13.3. The Morgan fingerprint density at radius 3 is 3.00 bits per heavy atom. The van der Waals surface area contributed by atoms with E-state index in [4.69, 9.17) is 16.3 Å². The maximum absolute atomic E-state index is 13.0. The van der Waals surface area contributed by atoms with Gasteiger partial charge in [0.1, 0.15) is 21.7 Å². The lowest BCUT2D eigenvalue weighted by molar-refractivity contribution is 0.0965. The van der Waals surface area contributed by atoms with Crippen molar-refractivity contribution >= 4 is 34.5 Å². The van der Waals surface area contributed by atoms with Gasteiger partial charge in [0, 0.05) is 11.2 Å². The smallest absolute Gasteiger partial charge is 0.270 e. The normalized spacial score (nSPS) is 16.2. The van der Waals surface area contributed by atoms with Crippen molar-refractivity contribution in [1.29, 1.82) is 0 Å². The summed E-state index contributed by atoms with van der Waals surface area (Å²) in [4.78, 5) is 23.9. The lowest BCUT2D eigenvalue weighted by atomic mass is 10.2. The summed E-state index contributed by atoms with van der Waals surface area (Å²) in [5, 5.41) is 1.28. The van der Waals surface area contributed by atoms with Crippen LogP contribution in [-0.4, -0.2) is 28.5 Å². The van der Waals surface area contributed by atoms with E-state index < -0.39 is 0 Å². The Kier molecular flexibility index (Phi) is 4.15. The van der Waals surface area contributed by atoms with Gasteiger partial charge in [-0.3, -0.25) is 9.78 Å². The molecule has 0 saturated heterocycles. The SMILES string of the molecule is CC1CN(C(=O)c2cnc(-c3ccccn3)s2)c2cc(Cl)ccc2O1. The molecule has 7 heteroatoms. The lowest BCUT2D eigenvalue weighted by Gasteiger charge is -2.33. The third-order valence-electron chi connectivity index (χ3n) is 3.83. The maximum Gasteiger partial charge on any atom is 0.270 e. The summed E-state index contributed by atoms with van der Waals surface area (Å²) in [6, 6.07) is 10.9. The molecule has 25 heavy (non-hydrogen) atoms. The summed E-state index contributed by atoms with van der Waals surface area (Å²) in [6.07, 6.45) is 3.21. The third kappa shape index (κ3) is 3.10. The molecule has 5 nitrogen and oxygen atoms in total. The number of rotatable bonds is 2. The van der Waals surface area contributed by atoms with Gasteiger partial charge in [0.05, 0.1) is 24.1 Å². The molecule has 1 aliphatic heterocycles. The number of fused-ring (bicyclic) bond motifs is 1. The highest BCUT2D eigenvalue weighted by molar-refractivity contribution is 7.17. The van der Waals surface area contributed by atoms with Crippen LogP contribution in [0, 0.1) is 0 Å². The molecular weight excluding hydrogens is 358 g/mol. The van der Waals surface area contributed by atoms with Crippen LogP contribution < -0.4 is 9.64 Å². The number of ether oxygens (including phenoxy) is 1. The van der Waals surface area contributed by atoms with E-state index in [-0.39, 0.29) is 12.0 Å². The summed E-state index contributed by atoms with van der Waals surface area (Å²) < 4.78 is 5.80. The van der Waals surface area contributed by atoms with Crippen molar-refractivity contribution in [3.8, 4) is 16.5 Å². The van der Waals surface area contributed by atoms with Crippen molar-refractivity contribution in [2.45, 2.75) is 13.0 Å². The van der Waals surface area contributed by atoms with Crippen LogP contribution in [0.5, 0.6) is 5.75 Å². The zero-order chi connectivity index (χ0) is 17.4. The quantitative estimate of drug-likeness (QED) is 0.674. The highest BCUT2D eigenvalue weighted by atomic mass is 35.5. The lowest BCUT2D eigenvalue weighted by Crippen LogP contribution is -2.42. The first kappa shape index (κ1) is 16.1. The molecule has 4 rings (SSSR count). The second-order valence-corrected chi connectivity index (χ2v) is 7.17. The van der Waals surface area contributed by atoms with Crippen molar-refractivity contribution in [2.24, 2.45) is 0 Å².